The molecule has 11 heteroatoms. The summed E-state index contributed by atoms with van der Waals surface area (Å²) < 4.78 is 6.18. The van der Waals surface area contributed by atoms with Gasteiger partial charge in [-0.05, 0) is 36.6 Å². The van der Waals surface area contributed by atoms with E-state index in [0.29, 0.717) is 39.8 Å². The zero-order valence-electron chi connectivity index (χ0n) is 23.7. The van der Waals surface area contributed by atoms with E-state index in [1.165, 1.54) is 0 Å². The molecule has 4 rings (SSSR count). The Kier molecular flexibility index (Phi) is 13.6. The van der Waals surface area contributed by atoms with Crippen LogP contribution in [0.1, 0.15) is 51.5 Å². The summed E-state index contributed by atoms with van der Waals surface area (Å²) in [6.45, 7) is 4.00. The van der Waals surface area contributed by atoms with Crippen molar-refractivity contribution in [3.05, 3.63) is 52.2 Å². The Morgan fingerprint density at radius 2 is 1.55 bits per heavy atom. The predicted molar refractivity (Wildman–Crippen MR) is 159 cm³/mol. The largest absolute Gasteiger partial charge is 0.813 e. The van der Waals surface area contributed by atoms with Gasteiger partial charge in [0.25, 0.3) is 11.8 Å². The molecule has 2 amide bonds. The molecule has 40 heavy (non-hydrogen) atoms. The van der Waals surface area contributed by atoms with Gasteiger partial charge >= 0.3 is 5.97 Å². The van der Waals surface area contributed by atoms with Crippen molar-refractivity contribution in [3.8, 4) is 0 Å². The van der Waals surface area contributed by atoms with Crippen molar-refractivity contribution in [1.29, 1.82) is 0 Å². The molecular formula is C29H36N3O6ReS-. The molecule has 0 unspecified atom stereocenters. The van der Waals surface area contributed by atoms with Gasteiger partial charge in [0.15, 0.2) is 0 Å². The molecule has 0 saturated carbocycles. The second-order valence-corrected chi connectivity index (χ2v) is 9.15. The number of benzene rings is 2. The van der Waals surface area contributed by atoms with E-state index in [2.05, 4.69) is 0 Å². The van der Waals surface area contributed by atoms with Crippen molar-refractivity contribution in [1.82, 2.24) is 5.06 Å². The molecule has 0 N–H and O–H groups in total. The minimum absolute atomic E-state index is 0. The van der Waals surface area contributed by atoms with Gasteiger partial charge in [-0.15, -0.1) is 5.06 Å². The number of allylic oxidation sites excluding steroid dienone is 1. The van der Waals surface area contributed by atoms with Crippen molar-refractivity contribution in [2.24, 2.45) is 0 Å². The van der Waals surface area contributed by atoms with Gasteiger partial charge in [-0.2, -0.15) is 0 Å². The minimum Gasteiger partial charge on any atom is -0.813 e. The quantitative estimate of drug-likeness (QED) is 0.108. The summed E-state index contributed by atoms with van der Waals surface area (Å²) in [7, 11) is 7.69. The van der Waals surface area contributed by atoms with Crippen molar-refractivity contribution in [2.45, 2.75) is 46.0 Å². The number of carbonyl (C=O) groups excluding carboxylic acids is 3. The van der Waals surface area contributed by atoms with Gasteiger partial charge in [-0.25, -0.2) is 4.79 Å². The fraction of sp³-hybridized carbons (Fsp3) is 0.379. The second-order valence-electron chi connectivity index (χ2n) is 9.15. The van der Waals surface area contributed by atoms with Crippen molar-refractivity contribution in [3.63, 3.8) is 0 Å². The summed E-state index contributed by atoms with van der Waals surface area (Å²) in [5, 5.41) is 1.56. The first-order valence-corrected chi connectivity index (χ1v) is 12.8. The van der Waals surface area contributed by atoms with Gasteiger partial charge in [0.05, 0.1) is 10.8 Å². The van der Waals surface area contributed by atoms with E-state index in [0.717, 1.165) is 16.9 Å². The number of hydrogen-bond acceptors (Lipinski definition) is 9. The van der Waals surface area contributed by atoms with Crippen molar-refractivity contribution >= 4 is 70.7 Å². The van der Waals surface area contributed by atoms with Crippen molar-refractivity contribution in [2.75, 3.05) is 38.0 Å². The molecule has 2 aromatic carbocycles. The summed E-state index contributed by atoms with van der Waals surface area (Å²) >= 11 is 0. The van der Waals surface area contributed by atoms with Crippen LogP contribution in [0.5, 0.6) is 0 Å². The van der Waals surface area contributed by atoms with E-state index >= 15 is 0 Å². The number of amides is 2. The van der Waals surface area contributed by atoms with Gasteiger partial charge in [-0.3, -0.25) is 14.4 Å². The van der Waals surface area contributed by atoms with E-state index < -0.39 is 17.8 Å². The van der Waals surface area contributed by atoms with Crippen LogP contribution in [0, 0.1) is 0 Å². The van der Waals surface area contributed by atoms with Crippen LogP contribution >= 0.6 is 0 Å². The molecule has 9 nitrogen and oxygen atoms in total. The van der Waals surface area contributed by atoms with Gasteiger partial charge in [0.2, 0.25) is 5.43 Å². The maximum absolute atomic E-state index is 13.4. The fourth-order valence-corrected chi connectivity index (χ4v) is 4.03. The maximum atomic E-state index is 13.4. The number of imide groups is 1. The molecule has 0 aliphatic carbocycles. The van der Waals surface area contributed by atoms with Gasteiger partial charge in [0, 0.05) is 91.4 Å². The number of hydroxylamine groups is 2. The van der Waals surface area contributed by atoms with Crippen LogP contribution in [0.4, 0.5) is 11.4 Å². The number of hydrogen-bond donors (Lipinski definition) is 0. The molecule has 2 heterocycles. The normalized spacial score (nSPS) is 12.6. The van der Waals surface area contributed by atoms with Crippen LogP contribution in [0.25, 0.3) is 28.0 Å². The molecule has 0 atom stereocenters. The first-order chi connectivity index (χ1) is 18.2. The Balaban J connectivity index is 0.00000196. The number of carbonyl (C=O) groups is 3. The van der Waals surface area contributed by atoms with E-state index in [4.69, 9.17) is 9.25 Å². The molecule has 0 spiro atoms. The molecule has 0 bridgehead atoms. The number of anilines is 2. The molecule has 217 valence electrons. The van der Waals surface area contributed by atoms with Gasteiger partial charge < -0.3 is 32.6 Å². The zero-order chi connectivity index (χ0) is 28.0. The Labute approximate surface area is 255 Å². The van der Waals surface area contributed by atoms with Crippen LogP contribution in [0.15, 0.2) is 45.6 Å². The Morgan fingerprint density at radius 1 is 0.950 bits per heavy atom. The summed E-state index contributed by atoms with van der Waals surface area (Å²) in [5.74, 6) is -1.62. The molecule has 3 aromatic rings. The summed E-state index contributed by atoms with van der Waals surface area (Å²) in [6, 6.07) is 9.31. The molecule has 1 radical (unpaired) electrons. The predicted octanol–water partition coefficient (Wildman–Crippen LogP) is 4.62. The molecule has 1 aliphatic heterocycles. The smallest absolute Gasteiger partial charge is 0.333 e. The third kappa shape index (κ3) is 7.97. The van der Waals surface area contributed by atoms with E-state index in [9.17, 15) is 19.2 Å². The van der Waals surface area contributed by atoms with Gasteiger partial charge in [0.1, 0.15) is 11.2 Å². The standard InChI is InChI=1S/C27H29N3O6.C2H6.Re.H2S/c1-28(2)18-10-11-20-21(15-18)35-22-16-19(29(3)4)14-17(26(22)27(20)34)8-6-5-7-9-25(33)36-30-23(31)12-13-24(30)32;1-2;;/h6,8,10-11,14-16H,5,7,9,12-13H2,1-4H3;1-2H3;;1H2/p-1/b8-6+;;;. The number of nitrogens with zero attached hydrogens (tertiary/aromatic N) is 3. The SMILES string of the molecule is CC.CN(C)c1ccc2c(=O)c3c(/C=C/CCCC(=O)ON4C(=O)CCC4=O)cc(N(C)C)cc3oc2c1.[Re].[SH-]. The van der Waals surface area contributed by atoms with Crippen LogP contribution in [0.3, 0.4) is 0 Å². The van der Waals surface area contributed by atoms with Crippen LogP contribution in [-0.4, -0.2) is 51.0 Å². The Hall–Kier alpha value is -3.13. The number of unbranched alkanes of at least 4 members (excludes halogenated alkanes) is 1. The molecule has 1 fully saturated rings. The monoisotopic (exact) mass is 741 g/mol. The minimum atomic E-state index is -0.628. The summed E-state index contributed by atoms with van der Waals surface area (Å²) in [6.07, 6.45) is 4.92. The fourth-order valence-electron chi connectivity index (χ4n) is 4.03. The Morgan fingerprint density at radius 3 is 2.15 bits per heavy atom. The van der Waals surface area contributed by atoms with Crippen LogP contribution in [-0.2, 0) is 53.1 Å². The zero-order valence-corrected chi connectivity index (χ0v) is 27.3. The number of fused-ring (bicyclic) bond motifs is 2. The second kappa shape index (κ2) is 15.6. The van der Waals surface area contributed by atoms with E-state index in [1.54, 1.807) is 6.07 Å². The molecule has 1 aromatic heterocycles. The van der Waals surface area contributed by atoms with Crippen molar-refractivity contribution < 1.29 is 44.1 Å². The van der Waals surface area contributed by atoms with Crippen LogP contribution < -0.4 is 15.2 Å². The summed E-state index contributed by atoms with van der Waals surface area (Å²) in [4.78, 5) is 57.3. The average molecular weight is 741 g/mol. The van der Waals surface area contributed by atoms with Crippen LogP contribution in [0.2, 0.25) is 0 Å². The summed E-state index contributed by atoms with van der Waals surface area (Å²) in [5.41, 5.74) is 3.46. The number of rotatable bonds is 8. The number of thiol groups is 1. The Bertz CT molecular complexity index is 1440. The molecular weight excluding hydrogens is 705 g/mol. The first kappa shape index (κ1) is 34.9. The third-order valence-corrected chi connectivity index (χ3v) is 6.06. The maximum Gasteiger partial charge on any atom is 0.333 e. The molecule has 1 aliphatic rings. The van der Waals surface area contributed by atoms with Gasteiger partial charge in [-0.1, -0.05) is 26.0 Å². The topological polar surface area (TPSA) is 100 Å². The average Bonchev–Trinajstić information content (AvgIpc) is 3.21. The first-order valence-electron chi connectivity index (χ1n) is 12.8. The third-order valence-electron chi connectivity index (χ3n) is 6.06. The molecule has 1 saturated heterocycles. The van der Waals surface area contributed by atoms with E-state index in [1.807, 2.05) is 88.3 Å². The van der Waals surface area contributed by atoms with E-state index in [-0.39, 0.29) is 58.6 Å².